The van der Waals surface area contributed by atoms with Crippen molar-refractivity contribution in [1.82, 2.24) is 5.32 Å². The first-order chi connectivity index (χ1) is 11.0. The van der Waals surface area contributed by atoms with Gasteiger partial charge in [0.2, 0.25) is 0 Å². The van der Waals surface area contributed by atoms with E-state index in [1.54, 1.807) is 62.6 Å². The number of aliphatic hydroxyl groups excluding tert-OH is 1. The van der Waals surface area contributed by atoms with Crippen LogP contribution in [0.2, 0.25) is 0 Å². The van der Waals surface area contributed by atoms with Crippen molar-refractivity contribution in [3.8, 4) is 11.8 Å². The van der Waals surface area contributed by atoms with Gasteiger partial charge in [-0.2, -0.15) is 5.26 Å². The first-order valence-corrected chi connectivity index (χ1v) is 7.18. The molecule has 5 heteroatoms. The zero-order valence-corrected chi connectivity index (χ0v) is 13.0. The van der Waals surface area contributed by atoms with Gasteiger partial charge in [-0.05, 0) is 48.9 Å². The Kier molecular flexibility index (Phi) is 5.34. The summed E-state index contributed by atoms with van der Waals surface area (Å²) in [5.41, 5.74) is 1.63. The Morgan fingerprint density at radius 3 is 2.30 bits per heavy atom. The van der Waals surface area contributed by atoms with Gasteiger partial charge in [0.1, 0.15) is 5.75 Å². The molecule has 0 aliphatic rings. The second-order valence-electron chi connectivity index (χ2n) is 5.17. The molecular weight excluding hydrogens is 292 g/mol. The number of hydrogen-bond acceptors (Lipinski definition) is 4. The summed E-state index contributed by atoms with van der Waals surface area (Å²) in [5.74, 6) is 0.407. The number of nitrogens with zero attached hydrogens (tertiary/aromatic N) is 1. The summed E-state index contributed by atoms with van der Waals surface area (Å²) < 4.78 is 5.08. The van der Waals surface area contributed by atoms with E-state index in [2.05, 4.69) is 5.32 Å². The molecule has 0 aliphatic heterocycles. The summed E-state index contributed by atoms with van der Waals surface area (Å²) in [5, 5.41) is 21.8. The van der Waals surface area contributed by atoms with Crippen LogP contribution in [0.25, 0.3) is 0 Å². The first kappa shape index (κ1) is 16.5. The fourth-order valence-electron chi connectivity index (χ4n) is 2.15. The van der Waals surface area contributed by atoms with Crippen LogP contribution in [0.3, 0.4) is 0 Å². The van der Waals surface area contributed by atoms with Gasteiger partial charge in [-0.25, -0.2) is 0 Å². The molecule has 23 heavy (non-hydrogen) atoms. The van der Waals surface area contributed by atoms with Gasteiger partial charge in [0.05, 0.1) is 30.9 Å². The molecule has 118 valence electrons. The minimum absolute atomic E-state index is 0.297. The molecule has 0 heterocycles. The zero-order chi connectivity index (χ0) is 16.8. The molecule has 5 nitrogen and oxygen atoms in total. The molecule has 2 N–H and O–H groups in total. The van der Waals surface area contributed by atoms with E-state index < -0.39 is 12.1 Å². The highest BCUT2D eigenvalue weighted by atomic mass is 16.5. The molecule has 1 amide bonds. The van der Waals surface area contributed by atoms with Gasteiger partial charge >= 0.3 is 0 Å². The summed E-state index contributed by atoms with van der Waals surface area (Å²) in [6.45, 7) is 1.73. The van der Waals surface area contributed by atoms with E-state index in [9.17, 15) is 9.90 Å². The molecule has 2 aromatic rings. The molecule has 0 saturated carbocycles. The van der Waals surface area contributed by atoms with Crippen molar-refractivity contribution in [1.29, 1.82) is 5.26 Å². The van der Waals surface area contributed by atoms with Crippen LogP contribution in [0.1, 0.15) is 34.5 Å². The fourth-order valence-corrected chi connectivity index (χ4v) is 2.15. The number of carbonyl (C=O) groups is 1. The van der Waals surface area contributed by atoms with Crippen molar-refractivity contribution in [3.63, 3.8) is 0 Å². The van der Waals surface area contributed by atoms with E-state index >= 15 is 0 Å². The topological polar surface area (TPSA) is 82.3 Å². The maximum atomic E-state index is 12.2. The van der Waals surface area contributed by atoms with Crippen LogP contribution in [0.5, 0.6) is 5.75 Å². The first-order valence-electron chi connectivity index (χ1n) is 7.18. The molecule has 0 aromatic heterocycles. The Bertz CT molecular complexity index is 703. The highest BCUT2D eigenvalue weighted by Gasteiger charge is 2.19. The molecule has 2 rings (SSSR count). The van der Waals surface area contributed by atoms with Crippen LogP contribution in [-0.2, 0) is 0 Å². The van der Waals surface area contributed by atoms with Gasteiger partial charge in [0, 0.05) is 5.56 Å². The number of nitrogens with one attached hydrogen (secondary N) is 1. The van der Waals surface area contributed by atoms with Gasteiger partial charge in [-0.3, -0.25) is 4.79 Å². The molecule has 0 bridgehead atoms. The monoisotopic (exact) mass is 310 g/mol. The highest BCUT2D eigenvalue weighted by molar-refractivity contribution is 5.94. The number of rotatable bonds is 5. The number of methoxy groups -OCH3 is 1. The molecule has 0 saturated heterocycles. The Morgan fingerprint density at radius 1 is 1.17 bits per heavy atom. The zero-order valence-electron chi connectivity index (χ0n) is 13.0. The molecule has 2 aromatic carbocycles. The van der Waals surface area contributed by atoms with Crippen LogP contribution >= 0.6 is 0 Å². The van der Waals surface area contributed by atoms with Gasteiger partial charge in [0.15, 0.2) is 0 Å². The Balaban J connectivity index is 2.02. The van der Waals surface area contributed by atoms with Crippen molar-refractivity contribution in [2.75, 3.05) is 7.11 Å². The van der Waals surface area contributed by atoms with E-state index in [1.165, 1.54) is 0 Å². The van der Waals surface area contributed by atoms with Gasteiger partial charge in [-0.1, -0.05) is 12.1 Å². The second kappa shape index (κ2) is 7.43. The lowest BCUT2D eigenvalue weighted by Crippen LogP contribution is -2.37. The average Bonchev–Trinajstić information content (AvgIpc) is 2.61. The minimum atomic E-state index is -0.830. The van der Waals surface area contributed by atoms with Gasteiger partial charge in [-0.15, -0.1) is 0 Å². The van der Waals surface area contributed by atoms with E-state index in [-0.39, 0.29) is 5.91 Å². The number of hydrogen-bond donors (Lipinski definition) is 2. The van der Waals surface area contributed by atoms with Crippen molar-refractivity contribution >= 4 is 5.91 Å². The maximum Gasteiger partial charge on any atom is 0.251 e. The van der Waals surface area contributed by atoms with Crippen molar-refractivity contribution < 1.29 is 14.6 Å². The van der Waals surface area contributed by atoms with Crippen LogP contribution in [0.15, 0.2) is 48.5 Å². The summed E-state index contributed by atoms with van der Waals surface area (Å²) in [4.78, 5) is 12.2. The molecule has 0 radical (unpaired) electrons. The predicted octanol–water partition coefficient (Wildman–Crippen LogP) is 2.42. The predicted molar refractivity (Wildman–Crippen MR) is 86.0 cm³/mol. The summed E-state index contributed by atoms with van der Waals surface area (Å²) in [6.07, 6.45) is -0.830. The highest BCUT2D eigenvalue weighted by Crippen LogP contribution is 2.20. The smallest absolute Gasteiger partial charge is 0.251 e. The third kappa shape index (κ3) is 4.09. The van der Waals surface area contributed by atoms with Gasteiger partial charge in [0.25, 0.3) is 5.91 Å². The van der Waals surface area contributed by atoms with E-state index in [4.69, 9.17) is 10.00 Å². The molecule has 0 spiro atoms. The number of nitriles is 1. The molecule has 2 unspecified atom stereocenters. The van der Waals surface area contributed by atoms with Crippen LogP contribution in [0, 0.1) is 11.3 Å². The summed E-state index contributed by atoms with van der Waals surface area (Å²) >= 11 is 0. The number of aliphatic hydroxyl groups is 1. The van der Waals surface area contributed by atoms with Crippen molar-refractivity contribution in [3.05, 3.63) is 65.2 Å². The Labute approximate surface area is 135 Å². The standard InChI is InChI=1S/C18H18N2O3/c1-12(17(21)14-7-9-16(23-2)10-8-14)20-18(22)15-5-3-13(11-19)4-6-15/h3-10,12,17,21H,1-2H3,(H,20,22). The lowest BCUT2D eigenvalue weighted by atomic mass is 10.0. The molecule has 0 aliphatic carbocycles. The van der Waals surface area contributed by atoms with Crippen LogP contribution in [-0.4, -0.2) is 24.2 Å². The van der Waals surface area contributed by atoms with E-state index in [1.807, 2.05) is 6.07 Å². The lowest BCUT2D eigenvalue weighted by Gasteiger charge is -2.21. The normalized spacial score (nSPS) is 12.8. The van der Waals surface area contributed by atoms with E-state index in [0.29, 0.717) is 22.4 Å². The largest absolute Gasteiger partial charge is 0.497 e. The number of ether oxygens (including phenoxy) is 1. The third-order valence-electron chi connectivity index (χ3n) is 3.57. The van der Waals surface area contributed by atoms with Crippen LogP contribution in [0.4, 0.5) is 0 Å². The lowest BCUT2D eigenvalue weighted by molar-refractivity contribution is 0.0852. The number of carbonyl (C=O) groups excluding carboxylic acids is 1. The van der Waals surface area contributed by atoms with Crippen molar-refractivity contribution in [2.24, 2.45) is 0 Å². The van der Waals surface area contributed by atoms with Gasteiger partial charge < -0.3 is 15.2 Å². The fraction of sp³-hybridized carbons (Fsp3) is 0.222. The summed E-state index contributed by atoms with van der Waals surface area (Å²) in [6, 6.07) is 14.9. The Morgan fingerprint density at radius 2 is 1.78 bits per heavy atom. The number of amides is 1. The maximum absolute atomic E-state index is 12.2. The minimum Gasteiger partial charge on any atom is -0.497 e. The second-order valence-corrected chi connectivity index (χ2v) is 5.17. The molecule has 0 fully saturated rings. The third-order valence-corrected chi connectivity index (χ3v) is 3.57. The number of benzene rings is 2. The van der Waals surface area contributed by atoms with Crippen molar-refractivity contribution in [2.45, 2.75) is 19.1 Å². The average molecular weight is 310 g/mol. The van der Waals surface area contributed by atoms with E-state index in [0.717, 1.165) is 0 Å². The summed E-state index contributed by atoms with van der Waals surface area (Å²) in [7, 11) is 1.58. The quantitative estimate of drug-likeness (QED) is 0.888. The SMILES string of the molecule is COc1ccc(C(O)C(C)NC(=O)c2ccc(C#N)cc2)cc1. The molecular formula is C18H18N2O3. The Hall–Kier alpha value is -2.84. The van der Waals surface area contributed by atoms with Crippen LogP contribution < -0.4 is 10.1 Å². The molecule has 2 atom stereocenters.